The molecule has 9 heteroatoms. The molecule has 7 nitrogen and oxygen atoms in total. The second-order valence-corrected chi connectivity index (χ2v) is 6.67. The molecule has 1 fully saturated rings. The molecule has 144 valence electrons. The molecule has 0 radical (unpaired) electrons. The number of carbonyl (C=O) groups is 2. The first-order valence-corrected chi connectivity index (χ1v) is 8.71. The first kappa shape index (κ1) is 19.0. The largest absolute Gasteiger partial charge is 0.350 e. The summed E-state index contributed by atoms with van der Waals surface area (Å²) >= 11 is 0. The van der Waals surface area contributed by atoms with Crippen LogP contribution < -0.4 is 10.6 Å². The van der Waals surface area contributed by atoms with Gasteiger partial charge in [0.15, 0.2) is 0 Å². The Kier molecular flexibility index (Phi) is 5.80. The third-order valence-corrected chi connectivity index (χ3v) is 4.69. The molecule has 1 saturated heterocycles. The SMILES string of the molecule is CN1CCC(CNC(=O)c2[nH]ncc2NC(=O)c2c(F)cccc2F)CC1. The van der Waals surface area contributed by atoms with Crippen molar-refractivity contribution in [3.8, 4) is 0 Å². The van der Waals surface area contributed by atoms with Crippen LogP contribution in [-0.4, -0.2) is 53.6 Å². The molecule has 0 spiro atoms. The lowest BCUT2D eigenvalue weighted by molar-refractivity contribution is 0.0935. The van der Waals surface area contributed by atoms with E-state index in [2.05, 4.69) is 32.8 Å². The molecule has 1 aromatic carbocycles. The lowest BCUT2D eigenvalue weighted by Crippen LogP contribution is -2.37. The van der Waals surface area contributed by atoms with Crippen molar-refractivity contribution >= 4 is 17.5 Å². The van der Waals surface area contributed by atoms with Gasteiger partial charge in [-0.3, -0.25) is 14.7 Å². The van der Waals surface area contributed by atoms with Crippen molar-refractivity contribution < 1.29 is 18.4 Å². The van der Waals surface area contributed by atoms with Crippen LogP contribution in [0.1, 0.15) is 33.7 Å². The monoisotopic (exact) mass is 377 g/mol. The Hall–Kier alpha value is -2.81. The zero-order chi connectivity index (χ0) is 19.4. The van der Waals surface area contributed by atoms with E-state index in [1.165, 1.54) is 12.3 Å². The van der Waals surface area contributed by atoms with Gasteiger partial charge in [0.25, 0.3) is 11.8 Å². The third-order valence-electron chi connectivity index (χ3n) is 4.69. The van der Waals surface area contributed by atoms with Crippen LogP contribution in [0.15, 0.2) is 24.4 Å². The second-order valence-electron chi connectivity index (χ2n) is 6.67. The maximum Gasteiger partial charge on any atom is 0.271 e. The first-order valence-electron chi connectivity index (χ1n) is 8.71. The van der Waals surface area contributed by atoms with Crippen LogP contribution in [0.5, 0.6) is 0 Å². The van der Waals surface area contributed by atoms with Gasteiger partial charge >= 0.3 is 0 Å². The molecule has 1 aromatic heterocycles. The summed E-state index contributed by atoms with van der Waals surface area (Å²) in [7, 11) is 2.06. The summed E-state index contributed by atoms with van der Waals surface area (Å²) in [6, 6.07) is 3.15. The van der Waals surface area contributed by atoms with Gasteiger partial charge in [-0.05, 0) is 51.0 Å². The third kappa shape index (κ3) is 4.48. The van der Waals surface area contributed by atoms with E-state index >= 15 is 0 Å². The number of nitrogens with one attached hydrogen (secondary N) is 3. The van der Waals surface area contributed by atoms with E-state index in [0.717, 1.165) is 38.1 Å². The fraction of sp³-hybridized carbons (Fsp3) is 0.389. The number of rotatable bonds is 5. The van der Waals surface area contributed by atoms with Crippen LogP contribution in [0, 0.1) is 17.6 Å². The Bertz CT molecular complexity index is 811. The van der Waals surface area contributed by atoms with Crippen molar-refractivity contribution in [3.05, 3.63) is 47.3 Å². The molecule has 0 aliphatic carbocycles. The number of nitrogens with zero attached hydrogens (tertiary/aromatic N) is 2. The number of hydrogen-bond donors (Lipinski definition) is 3. The van der Waals surface area contributed by atoms with Gasteiger partial charge in [-0.15, -0.1) is 0 Å². The number of carbonyl (C=O) groups excluding carboxylic acids is 2. The number of piperidine rings is 1. The van der Waals surface area contributed by atoms with Crippen LogP contribution in [0.25, 0.3) is 0 Å². The number of H-pyrrole nitrogens is 1. The minimum Gasteiger partial charge on any atom is -0.350 e. The van der Waals surface area contributed by atoms with Gasteiger partial charge in [-0.1, -0.05) is 6.07 Å². The predicted octanol–water partition coefficient (Wildman–Crippen LogP) is 2.01. The minimum absolute atomic E-state index is 0.0352. The Balaban J connectivity index is 1.63. The van der Waals surface area contributed by atoms with E-state index in [1.807, 2.05) is 0 Å². The summed E-state index contributed by atoms with van der Waals surface area (Å²) in [5.41, 5.74) is -0.618. The number of halogens is 2. The number of aromatic nitrogens is 2. The van der Waals surface area contributed by atoms with Crippen molar-refractivity contribution in [2.75, 3.05) is 32.0 Å². The molecule has 0 saturated carbocycles. The maximum atomic E-state index is 13.7. The van der Waals surface area contributed by atoms with Gasteiger partial charge in [-0.25, -0.2) is 8.78 Å². The molecule has 2 heterocycles. The lowest BCUT2D eigenvalue weighted by atomic mass is 9.97. The molecule has 2 amide bonds. The van der Waals surface area contributed by atoms with Gasteiger partial charge in [0.05, 0.1) is 11.9 Å². The number of likely N-dealkylation sites (tertiary alicyclic amines) is 1. The zero-order valence-corrected chi connectivity index (χ0v) is 14.9. The van der Waals surface area contributed by atoms with Crippen molar-refractivity contribution in [3.63, 3.8) is 0 Å². The lowest BCUT2D eigenvalue weighted by Gasteiger charge is -2.28. The fourth-order valence-electron chi connectivity index (χ4n) is 3.05. The van der Waals surface area contributed by atoms with Crippen LogP contribution in [0.3, 0.4) is 0 Å². The van der Waals surface area contributed by atoms with Gasteiger partial charge in [-0.2, -0.15) is 5.10 Å². The molecular weight excluding hydrogens is 356 g/mol. The molecule has 0 unspecified atom stereocenters. The highest BCUT2D eigenvalue weighted by molar-refractivity contribution is 6.08. The van der Waals surface area contributed by atoms with Crippen molar-refractivity contribution in [1.29, 1.82) is 0 Å². The van der Waals surface area contributed by atoms with Crippen molar-refractivity contribution in [2.45, 2.75) is 12.8 Å². The number of hydrogen-bond acceptors (Lipinski definition) is 4. The van der Waals surface area contributed by atoms with Crippen LogP contribution in [0.4, 0.5) is 14.5 Å². The fourth-order valence-corrected chi connectivity index (χ4v) is 3.05. The Morgan fingerprint density at radius 3 is 2.56 bits per heavy atom. The Morgan fingerprint density at radius 2 is 1.89 bits per heavy atom. The van der Waals surface area contributed by atoms with E-state index in [9.17, 15) is 18.4 Å². The highest BCUT2D eigenvalue weighted by atomic mass is 19.1. The molecule has 1 aliphatic rings. The van der Waals surface area contributed by atoms with Crippen LogP contribution in [0.2, 0.25) is 0 Å². The highest BCUT2D eigenvalue weighted by Gasteiger charge is 2.22. The summed E-state index contributed by atoms with van der Waals surface area (Å²) in [6.45, 7) is 2.49. The quantitative estimate of drug-likeness (QED) is 0.744. The number of anilines is 1. The summed E-state index contributed by atoms with van der Waals surface area (Å²) in [5.74, 6) is -3.00. The minimum atomic E-state index is -0.989. The van der Waals surface area contributed by atoms with Gasteiger partial charge in [0, 0.05) is 6.54 Å². The normalized spacial score (nSPS) is 15.5. The number of benzene rings is 1. The maximum absolute atomic E-state index is 13.7. The van der Waals surface area contributed by atoms with E-state index < -0.39 is 29.0 Å². The molecule has 2 aromatic rings. The average molecular weight is 377 g/mol. The number of aromatic amines is 1. The number of amides is 2. The van der Waals surface area contributed by atoms with Crippen molar-refractivity contribution in [2.24, 2.45) is 5.92 Å². The average Bonchev–Trinajstić information content (AvgIpc) is 3.09. The first-order chi connectivity index (χ1) is 13.0. The van der Waals surface area contributed by atoms with Gasteiger partial charge < -0.3 is 15.5 Å². The van der Waals surface area contributed by atoms with E-state index in [0.29, 0.717) is 12.5 Å². The molecule has 3 rings (SSSR count). The summed E-state index contributed by atoms with van der Waals surface area (Å²) in [5, 5.41) is 11.4. The predicted molar refractivity (Wildman–Crippen MR) is 95.5 cm³/mol. The second kappa shape index (κ2) is 8.26. The summed E-state index contributed by atoms with van der Waals surface area (Å²) < 4.78 is 27.5. The summed E-state index contributed by atoms with van der Waals surface area (Å²) in [6.07, 6.45) is 3.22. The highest BCUT2D eigenvalue weighted by Crippen LogP contribution is 2.18. The van der Waals surface area contributed by atoms with E-state index in [-0.39, 0.29) is 11.4 Å². The van der Waals surface area contributed by atoms with Gasteiger partial charge in [0.2, 0.25) is 0 Å². The zero-order valence-electron chi connectivity index (χ0n) is 14.9. The molecule has 0 atom stereocenters. The smallest absolute Gasteiger partial charge is 0.271 e. The Morgan fingerprint density at radius 1 is 1.22 bits per heavy atom. The Labute approximate surface area is 155 Å². The summed E-state index contributed by atoms with van der Waals surface area (Å²) in [4.78, 5) is 26.8. The van der Waals surface area contributed by atoms with E-state index in [1.54, 1.807) is 0 Å². The molecule has 3 N–H and O–H groups in total. The van der Waals surface area contributed by atoms with Crippen LogP contribution >= 0.6 is 0 Å². The topological polar surface area (TPSA) is 90.1 Å². The molecule has 27 heavy (non-hydrogen) atoms. The van der Waals surface area contributed by atoms with E-state index in [4.69, 9.17) is 0 Å². The molecule has 0 bridgehead atoms. The molecular formula is C18H21F2N5O2. The van der Waals surface area contributed by atoms with Crippen molar-refractivity contribution in [1.82, 2.24) is 20.4 Å². The van der Waals surface area contributed by atoms with Crippen LogP contribution in [-0.2, 0) is 0 Å². The van der Waals surface area contributed by atoms with Gasteiger partial charge in [0.1, 0.15) is 22.9 Å². The molecule has 1 aliphatic heterocycles. The standard InChI is InChI=1S/C18H21F2N5O2/c1-25-7-5-11(6-8-25)9-21-18(27)16-14(10-22-24-16)23-17(26)15-12(19)3-2-4-13(15)20/h2-4,10-11H,5-9H2,1H3,(H,21,27)(H,22,24)(H,23,26).